The van der Waals surface area contributed by atoms with Crippen molar-refractivity contribution in [3.05, 3.63) is 76.5 Å². The van der Waals surface area contributed by atoms with E-state index in [0.717, 1.165) is 51.0 Å². The predicted molar refractivity (Wildman–Crippen MR) is 125 cm³/mol. The van der Waals surface area contributed by atoms with E-state index in [9.17, 15) is 31.5 Å². The maximum atomic E-state index is 13.2. The fraction of sp³-hybridized carbons (Fsp3) is 0.217. The Morgan fingerprint density at radius 1 is 1.06 bits per heavy atom. The van der Waals surface area contributed by atoms with Crippen molar-refractivity contribution >= 4 is 26.4 Å². The van der Waals surface area contributed by atoms with Gasteiger partial charge in [0.15, 0.2) is 0 Å². The zero-order chi connectivity index (χ0) is 25.7. The molecule has 2 aromatic heterocycles. The fourth-order valence-corrected chi connectivity index (χ4v) is 4.61. The van der Waals surface area contributed by atoms with Crippen molar-refractivity contribution in [1.82, 2.24) is 14.1 Å². The zero-order valence-electron chi connectivity index (χ0n) is 18.9. The van der Waals surface area contributed by atoms with Crippen LogP contribution < -0.4 is 10.6 Å². The van der Waals surface area contributed by atoms with Gasteiger partial charge in [0.05, 0.1) is 34.0 Å². The summed E-state index contributed by atoms with van der Waals surface area (Å²) < 4.78 is 63.9. The van der Waals surface area contributed by atoms with Gasteiger partial charge in [0.25, 0.3) is 9.84 Å². The molecule has 0 saturated carbocycles. The Morgan fingerprint density at radius 3 is 2.31 bits per heavy atom. The van der Waals surface area contributed by atoms with Crippen molar-refractivity contribution in [3.8, 4) is 11.6 Å². The van der Waals surface area contributed by atoms with E-state index in [1.807, 2.05) is 37.2 Å². The summed E-state index contributed by atoms with van der Waals surface area (Å²) in [6, 6.07) is 11.0. The smallest absolute Gasteiger partial charge is 0.493 e. The Labute approximate surface area is 198 Å². The van der Waals surface area contributed by atoms with Gasteiger partial charge in [-0.15, -0.1) is 0 Å². The van der Waals surface area contributed by atoms with E-state index in [-0.39, 0.29) is 17.9 Å². The molecule has 8 nitrogen and oxygen atoms in total. The Balaban J connectivity index is 1.78. The lowest BCUT2D eigenvalue weighted by Gasteiger charge is -2.16. The number of aromatic nitrogens is 3. The van der Waals surface area contributed by atoms with E-state index >= 15 is 0 Å². The number of nitrogens with zero attached hydrogens (tertiary/aromatic N) is 4. The standard InChI is InChI=1S/C23H21F3N4O4S/c1-14-21(31)30(16-7-9-17(10-8-16)35(33,34)23(24,25)26)22(32)29(14)13-15-11-12-27-20-18(15)5-4-6-19(20)28(2)3/h4-12,31H,13H2,1-3H3. The molecular formula is C23H21F3N4O4S. The first-order chi connectivity index (χ1) is 16.3. The summed E-state index contributed by atoms with van der Waals surface area (Å²) in [5, 5.41) is 11.5. The van der Waals surface area contributed by atoms with Gasteiger partial charge >= 0.3 is 11.2 Å². The minimum absolute atomic E-state index is 0.0185. The van der Waals surface area contributed by atoms with Crippen molar-refractivity contribution in [2.75, 3.05) is 19.0 Å². The lowest BCUT2D eigenvalue weighted by atomic mass is 10.1. The molecule has 0 amide bonds. The predicted octanol–water partition coefficient (Wildman–Crippen LogP) is 3.61. The summed E-state index contributed by atoms with van der Waals surface area (Å²) in [5.74, 6) is -0.409. The number of benzene rings is 2. The summed E-state index contributed by atoms with van der Waals surface area (Å²) >= 11 is 0. The largest absolute Gasteiger partial charge is 0.501 e. The molecule has 12 heteroatoms. The first-order valence-electron chi connectivity index (χ1n) is 10.3. The van der Waals surface area contributed by atoms with Crippen LogP contribution in [0.25, 0.3) is 16.6 Å². The number of hydrogen-bond donors (Lipinski definition) is 1. The molecule has 0 unspecified atom stereocenters. The maximum absolute atomic E-state index is 13.2. The van der Waals surface area contributed by atoms with Crippen LogP contribution in [0.5, 0.6) is 5.88 Å². The van der Waals surface area contributed by atoms with Crippen LogP contribution in [0, 0.1) is 6.92 Å². The van der Waals surface area contributed by atoms with E-state index in [1.165, 1.54) is 11.5 Å². The second kappa shape index (κ2) is 8.45. The van der Waals surface area contributed by atoms with Gasteiger partial charge in [-0.05, 0) is 48.9 Å². The van der Waals surface area contributed by atoms with E-state index in [1.54, 1.807) is 12.3 Å². The molecule has 0 saturated heterocycles. The van der Waals surface area contributed by atoms with Gasteiger partial charge in [0.2, 0.25) is 5.88 Å². The van der Waals surface area contributed by atoms with Gasteiger partial charge in [0, 0.05) is 25.7 Å². The summed E-state index contributed by atoms with van der Waals surface area (Å²) in [6.07, 6.45) is 1.63. The monoisotopic (exact) mass is 506 g/mol. The van der Waals surface area contributed by atoms with Crippen molar-refractivity contribution in [2.24, 2.45) is 0 Å². The molecule has 0 aliphatic carbocycles. The highest BCUT2D eigenvalue weighted by Gasteiger charge is 2.46. The Morgan fingerprint density at radius 2 is 1.71 bits per heavy atom. The maximum Gasteiger partial charge on any atom is 0.501 e. The van der Waals surface area contributed by atoms with E-state index in [2.05, 4.69) is 4.98 Å². The summed E-state index contributed by atoms with van der Waals surface area (Å²) in [5.41, 5.74) is -3.44. The van der Waals surface area contributed by atoms with Crippen LogP contribution in [0.15, 0.2) is 64.4 Å². The Bertz CT molecular complexity index is 1590. The van der Waals surface area contributed by atoms with Gasteiger partial charge in [-0.1, -0.05) is 12.1 Å². The second-order valence-corrected chi connectivity index (χ2v) is 10.0. The molecule has 0 spiro atoms. The third kappa shape index (κ3) is 4.03. The third-order valence-electron chi connectivity index (χ3n) is 5.72. The number of para-hydroxylation sites is 1. The highest BCUT2D eigenvalue weighted by atomic mass is 32.2. The first-order valence-corrected chi connectivity index (χ1v) is 11.8. The number of hydrogen-bond acceptors (Lipinski definition) is 6. The van der Waals surface area contributed by atoms with Gasteiger partial charge in [-0.2, -0.15) is 13.2 Å². The molecule has 0 radical (unpaired) electrons. The number of halogens is 3. The number of sulfone groups is 1. The van der Waals surface area contributed by atoms with Crippen LogP contribution >= 0.6 is 0 Å². The highest BCUT2D eigenvalue weighted by Crippen LogP contribution is 2.31. The topological polar surface area (TPSA) is 97.4 Å². The second-order valence-electron chi connectivity index (χ2n) is 8.09. The van der Waals surface area contributed by atoms with Gasteiger partial charge in [-0.25, -0.2) is 17.8 Å². The first kappa shape index (κ1) is 24.3. The minimum Gasteiger partial charge on any atom is -0.493 e. The van der Waals surface area contributed by atoms with Crippen LogP contribution in [0.3, 0.4) is 0 Å². The summed E-state index contributed by atoms with van der Waals surface area (Å²) in [4.78, 5) is 18.6. The van der Waals surface area contributed by atoms with Crippen molar-refractivity contribution < 1.29 is 26.7 Å². The van der Waals surface area contributed by atoms with Crippen LogP contribution in [0.1, 0.15) is 11.3 Å². The molecule has 184 valence electrons. The summed E-state index contributed by atoms with van der Waals surface area (Å²) in [6.45, 7) is 1.63. The van der Waals surface area contributed by atoms with Crippen LogP contribution in [0.4, 0.5) is 18.9 Å². The van der Waals surface area contributed by atoms with Gasteiger partial charge in [-0.3, -0.25) is 9.55 Å². The SMILES string of the molecule is Cc1c(O)n(-c2ccc(S(=O)(=O)C(F)(F)F)cc2)c(=O)n1Cc1ccnc2c(N(C)C)cccc12. The van der Waals surface area contributed by atoms with Gasteiger partial charge in [0.1, 0.15) is 0 Å². The Hall–Kier alpha value is -3.80. The number of fused-ring (bicyclic) bond motifs is 1. The third-order valence-corrected chi connectivity index (χ3v) is 7.22. The lowest BCUT2D eigenvalue weighted by molar-refractivity contribution is -0.0436. The summed E-state index contributed by atoms with van der Waals surface area (Å²) in [7, 11) is -1.75. The molecule has 2 aromatic carbocycles. The number of rotatable bonds is 5. The van der Waals surface area contributed by atoms with E-state index in [4.69, 9.17) is 0 Å². The zero-order valence-corrected chi connectivity index (χ0v) is 19.7. The van der Waals surface area contributed by atoms with E-state index < -0.39 is 31.8 Å². The average molecular weight is 507 g/mol. The molecule has 4 rings (SSSR count). The number of pyridine rings is 1. The molecule has 0 bridgehead atoms. The number of imidazole rings is 1. The van der Waals surface area contributed by atoms with Crippen LogP contribution in [-0.2, 0) is 16.4 Å². The van der Waals surface area contributed by atoms with E-state index in [0.29, 0.717) is 0 Å². The molecule has 0 fully saturated rings. The lowest BCUT2D eigenvalue weighted by Crippen LogP contribution is -2.25. The van der Waals surface area contributed by atoms with Gasteiger partial charge < -0.3 is 10.0 Å². The van der Waals surface area contributed by atoms with Crippen molar-refractivity contribution in [1.29, 1.82) is 0 Å². The molecule has 4 aromatic rings. The van der Waals surface area contributed by atoms with Crippen LogP contribution in [-0.4, -0.2) is 47.2 Å². The minimum atomic E-state index is -5.53. The molecule has 0 atom stereocenters. The molecular weight excluding hydrogens is 485 g/mol. The molecule has 2 heterocycles. The average Bonchev–Trinajstić information content (AvgIpc) is 3.01. The number of anilines is 1. The van der Waals surface area contributed by atoms with Crippen LogP contribution in [0.2, 0.25) is 0 Å². The molecule has 0 aliphatic heterocycles. The molecule has 35 heavy (non-hydrogen) atoms. The number of aromatic hydroxyl groups is 1. The molecule has 1 N–H and O–H groups in total. The molecule has 0 aliphatic rings. The van der Waals surface area contributed by atoms with Crippen molar-refractivity contribution in [3.63, 3.8) is 0 Å². The fourth-order valence-electron chi connectivity index (χ4n) is 3.85. The quantitative estimate of drug-likeness (QED) is 0.444. The number of alkyl halides is 3. The Kier molecular flexibility index (Phi) is 5.87. The normalized spacial score (nSPS) is 12.3. The highest BCUT2D eigenvalue weighted by molar-refractivity contribution is 7.92. The van der Waals surface area contributed by atoms with Crippen molar-refractivity contribution in [2.45, 2.75) is 23.9 Å².